The molecule has 5 atom stereocenters. The van der Waals surface area contributed by atoms with Crippen LogP contribution in [0, 0.1) is 50.4 Å². The number of aryl methyl sites for hydroxylation is 3. The van der Waals surface area contributed by atoms with E-state index in [-0.39, 0.29) is 42.5 Å². The van der Waals surface area contributed by atoms with Crippen LogP contribution in [-0.2, 0) is 19.2 Å². The summed E-state index contributed by atoms with van der Waals surface area (Å²) in [7, 11) is 0. The maximum Gasteiger partial charge on any atom is 0.316 e. The average molecular weight is 487 g/mol. The molecule has 7 nitrogen and oxygen atoms in total. The number of carbonyl (C=O) groups excluding carboxylic acids is 4. The van der Waals surface area contributed by atoms with Crippen molar-refractivity contribution < 1.29 is 23.9 Å². The molecule has 3 amide bonds. The maximum atomic E-state index is 13.2. The van der Waals surface area contributed by atoms with E-state index in [0.717, 1.165) is 36.1 Å². The number of nitrogens with zero attached hydrogens (tertiary/aromatic N) is 2. The lowest BCUT2D eigenvalue weighted by Crippen LogP contribution is -2.33. The zero-order chi connectivity index (χ0) is 25.3. The summed E-state index contributed by atoms with van der Waals surface area (Å²) >= 11 is 0. The SMILES string of the molecule is Cc1ccc(C)c(N2C[C@H](C(=O)Oc3ccc(N4C(=O)[C@@H]5[C@H]6CC[C@@H](C6)[C@@H]5C4=O)c(C)c3)CC2=O)c1. The zero-order valence-corrected chi connectivity index (χ0v) is 20.8. The van der Waals surface area contributed by atoms with Crippen molar-refractivity contribution in [2.45, 2.75) is 46.5 Å². The molecule has 6 rings (SSSR count). The Morgan fingerprint density at radius 1 is 0.861 bits per heavy atom. The highest BCUT2D eigenvalue weighted by Crippen LogP contribution is 2.56. The Bertz CT molecular complexity index is 1290. The summed E-state index contributed by atoms with van der Waals surface area (Å²) < 4.78 is 5.65. The molecule has 36 heavy (non-hydrogen) atoms. The normalized spacial score (nSPS) is 28.9. The molecule has 0 spiro atoms. The molecule has 4 fully saturated rings. The molecule has 2 saturated heterocycles. The summed E-state index contributed by atoms with van der Waals surface area (Å²) in [6.45, 7) is 6.02. The minimum absolute atomic E-state index is 0.0824. The fourth-order valence-corrected chi connectivity index (χ4v) is 6.90. The van der Waals surface area contributed by atoms with Crippen molar-refractivity contribution in [1.82, 2.24) is 0 Å². The lowest BCUT2D eigenvalue weighted by atomic mass is 9.81. The highest BCUT2D eigenvalue weighted by Gasteiger charge is 2.61. The first kappa shape index (κ1) is 23.0. The Kier molecular flexibility index (Phi) is 5.28. The number of carbonyl (C=O) groups is 4. The molecule has 7 heteroatoms. The minimum atomic E-state index is -0.561. The number of rotatable bonds is 4. The number of benzene rings is 2. The predicted octanol–water partition coefficient (Wildman–Crippen LogP) is 4.11. The topological polar surface area (TPSA) is 84.0 Å². The van der Waals surface area contributed by atoms with E-state index < -0.39 is 11.9 Å². The van der Waals surface area contributed by atoms with Crippen molar-refractivity contribution >= 4 is 35.1 Å². The third kappa shape index (κ3) is 3.47. The number of anilines is 2. The third-order valence-corrected chi connectivity index (χ3v) is 8.67. The van der Waals surface area contributed by atoms with Crippen molar-refractivity contribution in [2.24, 2.45) is 29.6 Å². The molecular weight excluding hydrogens is 456 g/mol. The summed E-state index contributed by atoms with van der Waals surface area (Å²) in [5.74, 6) is -0.612. The van der Waals surface area contributed by atoms with Gasteiger partial charge in [0.25, 0.3) is 0 Å². The summed E-state index contributed by atoms with van der Waals surface area (Å²) in [6, 6.07) is 10.9. The number of hydrogen-bond acceptors (Lipinski definition) is 5. The molecule has 186 valence electrons. The van der Waals surface area contributed by atoms with Crippen LogP contribution in [0.25, 0.3) is 0 Å². The molecular formula is C29H30N2O5. The Morgan fingerprint density at radius 2 is 1.56 bits per heavy atom. The van der Waals surface area contributed by atoms with Crippen molar-refractivity contribution in [3.8, 4) is 5.75 Å². The van der Waals surface area contributed by atoms with Gasteiger partial charge in [0.1, 0.15) is 5.75 Å². The van der Waals surface area contributed by atoms with Gasteiger partial charge in [-0.05, 0) is 92.8 Å². The molecule has 2 heterocycles. The molecule has 2 aliphatic carbocycles. The van der Waals surface area contributed by atoms with Crippen LogP contribution in [0.4, 0.5) is 11.4 Å². The molecule has 2 aliphatic heterocycles. The summed E-state index contributed by atoms with van der Waals surface area (Å²) in [5.41, 5.74) is 4.13. The van der Waals surface area contributed by atoms with Gasteiger partial charge in [0, 0.05) is 18.7 Å². The molecule has 2 aromatic rings. The van der Waals surface area contributed by atoms with Gasteiger partial charge < -0.3 is 9.64 Å². The number of imide groups is 1. The average Bonchev–Trinajstić information content (AvgIpc) is 3.60. The van der Waals surface area contributed by atoms with Gasteiger partial charge in [0.2, 0.25) is 17.7 Å². The highest BCUT2D eigenvalue weighted by molar-refractivity contribution is 6.23. The largest absolute Gasteiger partial charge is 0.426 e. The number of amides is 3. The van der Waals surface area contributed by atoms with Gasteiger partial charge in [-0.3, -0.25) is 19.2 Å². The lowest BCUT2D eigenvalue weighted by molar-refractivity contribution is -0.139. The van der Waals surface area contributed by atoms with E-state index >= 15 is 0 Å². The van der Waals surface area contributed by atoms with Gasteiger partial charge in [-0.25, -0.2) is 4.90 Å². The van der Waals surface area contributed by atoms with Crippen LogP contribution in [0.2, 0.25) is 0 Å². The molecule has 0 unspecified atom stereocenters. The number of hydrogen-bond donors (Lipinski definition) is 0. The van der Waals surface area contributed by atoms with Crippen LogP contribution in [0.15, 0.2) is 36.4 Å². The Labute approximate surface area is 210 Å². The third-order valence-electron chi connectivity index (χ3n) is 8.67. The molecule has 4 aliphatic rings. The molecule has 2 aromatic carbocycles. The molecule has 2 bridgehead atoms. The minimum Gasteiger partial charge on any atom is -0.426 e. The van der Waals surface area contributed by atoms with E-state index in [9.17, 15) is 19.2 Å². The lowest BCUT2D eigenvalue weighted by Gasteiger charge is -2.20. The van der Waals surface area contributed by atoms with E-state index in [1.165, 1.54) is 4.90 Å². The van der Waals surface area contributed by atoms with Gasteiger partial charge in [0.15, 0.2) is 0 Å². The summed E-state index contributed by atoms with van der Waals surface area (Å²) in [4.78, 5) is 55.0. The summed E-state index contributed by atoms with van der Waals surface area (Å²) in [5, 5.41) is 0. The Morgan fingerprint density at radius 3 is 2.22 bits per heavy atom. The van der Waals surface area contributed by atoms with Gasteiger partial charge >= 0.3 is 5.97 Å². The van der Waals surface area contributed by atoms with E-state index in [1.807, 2.05) is 39.0 Å². The Hall–Kier alpha value is -3.48. The zero-order valence-electron chi connectivity index (χ0n) is 20.8. The quantitative estimate of drug-likeness (QED) is 0.369. The Balaban J connectivity index is 1.16. The van der Waals surface area contributed by atoms with Crippen LogP contribution < -0.4 is 14.5 Å². The van der Waals surface area contributed by atoms with Crippen molar-refractivity contribution in [1.29, 1.82) is 0 Å². The van der Waals surface area contributed by atoms with Crippen LogP contribution in [0.5, 0.6) is 5.75 Å². The van der Waals surface area contributed by atoms with Gasteiger partial charge in [-0.2, -0.15) is 0 Å². The fourth-order valence-electron chi connectivity index (χ4n) is 6.90. The van der Waals surface area contributed by atoms with Crippen molar-refractivity contribution in [2.75, 3.05) is 16.3 Å². The predicted molar refractivity (Wildman–Crippen MR) is 133 cm³/mol. The van der Waals surface area contributed by atoms with Gasteiger partial charge in [-0.15, -0.1) is 0 Å². The van der Waals surface area contributed by atoms with Crippen LogP contribution >= 0.6 is 0 Å². The first-order chi connectivity index (χ1) is 17.2. The van der Waals surface area contributed by atoms with Crippen LogP contribution in [0.1, 0.15) is 42.4 Å². The molecule has 0 radical (unpaired) electrons. The number of ether oxygens (including phenoxy) is 1. The van der Waals surface area contributed by atoms with Crippen molar-refractivity contribution in [3.63, 3.8) is 0 Å². The molecule has 0 N–H and O–H groups in total. The first-order valence-electron chi connectivity index (χ1n) is 12.8. The second-order valence-electron chi connectivity index (χ2n) is 11.0. The standard InChI is InChI=1S/C29H30N2O5/c1-15-4-5-16(2)23(10-15)30-14-20(13-24(30)32)29(35)36-21-8-9-22(17(3)11-21)31-27(33)25-18-6-7-19(12-18)26(25)28(31)34/h4-5,8-11,18-20,25-26H,6-7,12-14H2,1-3H3/t18-,19-,20+,25-,26+/m0/s1. The van der Waals surface area contributed by atoms with E-state index in [4.69, 9.17) is 4.74 Å². The second-order valence-corrected chi connectivity index (χ2v) is 11.0. The highest BCUT2D eigenvalue weighted by atomic mass is 16.5. The fraction of sp³-hybridized carbons (Fsp3) is 0.448. The summed E-state index contributed by atoms with van der Waals surface area (Å²) in [6.07, 6.45) is 3.18. The smallest absolute Gasteiger partial charge is 0.316 e. The molecule has 0 aromatic heterocycles. The number of fused-ring (bicyclic) bond motifs is 5. The maximum absolute atomic E-state index is 13.2. The van der Waals surface area contributed by atoms with Crippen LogP contribution in [-0.4, -0.2) is 30.2 Å². The molecule has 2 saturated carbocycles. The van der Waals surface area contributed by atoms with Crippen molar-refractivity contribution in [3.05, 3.63) is 53.1 Å². The second kappa shape index (κ2) is 8.29. The van der Waals surface area contributed by atoms with Gasteiger partial charge in [0.05, 0.1) is 23.4 Å². The van der Waals surface area contributed by atoms with E-state index in [0.29, 0.717) is 28.8 Å². The van der Waals surface area contributed by atoms with Gasteiger partial charge in [-0.1, -0.05) is 12.1 Å². The monoisotopic (exact) mass is 486 g/mol. The van der Waals surface area contributed by atoms with Crippen LogP contribution in [0.3, 0.4) is 0 Å². The van der Waals surface area contributed by atoms with E-state index in [1.54, 1.807) is 23.1 Å². The first-order valence-corrected chi connectivity index (χ1v) is 12.8. The number of esters is 1. The van der Waals surface area contributed by atoms with E-state index in [2.05, 4.69) is 0 Å².